The van der Waals surface area contributed by atoms with Crippen LogP contribution in [0.1, 0.15) is 46.9 Å². The lowest BCUT2D eigenvalue weighted by molar-refractivity contribution is 0.0604. The van der Waals surface area contributed by atoms with E-state index < -0.39 is 11.7 Å². The Bertz CT molecular complexity index is 433. The lowest BCUT2D eigenvalue weighted by Gasteiger charge is -2.18. The van der Waals surface area contributed by atoms with Gasteiger partial charge in [-0.05, 0) is 33.1 Å². The lowest BCUT2D eigenvalue weighted by Crippen LogP contribution is -2.22. The number of rotatable bonds is 5. The van der Waals surface area contributed by atoms with E-state index in [9.17, 15) is 4.79 Å². The SMILES string of the molecule is CC(C)CC(/C=N/C(=O)OC(C)(C)C)Cc1nnc[nH]1. The summed E-state index contributed by atoms with van der Waals surface area (Å²) in [5.74, 6) is 1.44. The minimum atomic E-state index is -0.552. The van der Waals surface area contributed by atoms with Crippen LogP contribution in [-0.2, 0) is 11.2 Å². The molecule has 0 aliphatic rings. The van der Waals surface area contributed by atoms with Crippen molar-refractivity contribution in [3.63, 3.8) is 0 Å². The van der Waals surface area contributed by atoms with E-state index in [0.29, 0.717) is 12.3 Å². The molecule has 0 aliphatic carbocycles. The van der Waals surface area contributed by atoms with Crippen LogP contribution < -0.4 is 0 Å². The number of H-pyrrole nitrogens is 1. The smallest absolute Gasteiger partial charge is 0.433 e. The summed E-state index contributed by atoms with van der Waals surface area (Å²) >= 11 is 0. The summed E-state index contributed by atoms with van der Waals surface area (Å²) < 4.78 is 5.16. The maximum atomic E-state index is 11.6. The maximum Gasteiger partial charge on any atom is 0.433 e. The van der Waals surface area contributed by atoms with Gasteiger partial charge in [0.1, 0.15) is 17.8 Å². The van der Waals surface area contributed by atoms with Crippen LogP contribution in [-0.4, -0.2) is 33.1 Å². The molecule has 1 amide bonds. The molecule has 6 nitrogen and oxygen atoms in total. The number of carbonyl (C=O) groups is 1. The van der Waals surface area contributed by atoms with Crippen molar-refractivity contribution in [2.75, 3.05) is 0 Å². The molecule has 1 heterocycles. The highest BCUT2D eigenvalue weighted by molar-refractivity contribution is 5.80. The van der Waals surface area contributed by atoms with E-state index in [1.165, 1.54) is 0 Å². The predicted molar refractivity (Wildman–Crippen MR) is 77.8 cm³/mol. The number of aromatic amines is 1. The van der Waals surface area contributed by atoms with Crippen LogP contribution in [0.2, 0.25) is 0 Å². The number of ether oxygens (including phenoxy) is 1. The second-order valence-corrected chi connectivity index (χ2v) is 6.29. The summed E-state index contributed by atoms with van der Waals surface area (Å²) in [6.07, 6.45) is 4.27. The zero-order valence-electron chi connectivity index (χ0n) is 12.9. The summed E-state index contributed by atoms with van der Waals surface area (Å²) in [6, 6.07) is 0. The van der Waals surface area contributed by atoms with Crippen molar-refractivity contribution in [3.8, 4) is 0 Å². The van der Waals surface area contributed by atoms with Gasteiger partial charge in [0.25, 0.3) is 0 Å². The highest BCUT2D eigenvalue weighted by Gasteiger charge is 2.16. The first-order chi connectivity index (χ1) is 9.26. The number of aliphatic imine (C=N–C) groups is 1. The van der Waals surface area contributed by atoms with Gasteiger partial charge in [-0.1, -0.05) is 13.8 Å². The van der Waals surface area contributed by atoms with E-state index in [-0.39, 0.29) is 5.92 Å². The van der Waals surface area contributed by atoms with Crippen molar-refractivity contribution in [3.05, 3.63) is 12.2 Å². The number of hydrogen-bond donors (Lipinski definition) is 1. The fourth-order valence-electron chi connectivity index (χ4n) is 1.84. The standard InChI is InChI=1S/C14H24N4O2/c1-10(2)6-11(7-12-16-9-17-18-12)8-15-13(19)20-14(3,4)5/h8-11H,6-7H2,1-5H3,(H,16,17,18)/b15-8+. The zero-order valence-corrected chi connectivity index (χ0v) is 12.9. The Morgan fingerprint density at radius 1 is 1.50 bits per heavy atom. The van der Waals surface area contributed by atoms with Gasteiger partial charge in [-0.15, -0.1) is 10.2 Å². The van der Waals surface area contributed by atoms with E-state index >= 15 is 0 Å². The van der Waals surface area contributed by atoms with Gasteiger partial charge < -0.3 is 9.72 Å². The first-order valence-corrected chi connectivity index (χ1v) is 6.88. The molecule has 1 atom stereocenters. The fraction of sp³-hybridized carbons (Fsp3) is 0.714. The van der Waals surface area contributed by atoms with Crippen LogP contribution in [0.25, 0.3) is 0 Å². The second-order valence-electron chi connectivity index (χ2n) is 6.29. The third kappa shape index (κ3) is 7.01. The second kappa shape index (κ2) is 7.17. The van der Waals surface area contributed by atoms with E-state index in [4.69, 9.17) is 4.74 Å². The third-order valence-corrected chi connectivity index (χ3v) is 2.48. The molecule has 0 radical (unpaired) electrons. The van der Waals surface area contributed by atoms with Gasteiger partial charge in [-0.25, -0.2) is 4.79 Å². The van der Waals surface area contributed by atoms with Gasteiger partial charge in [0.2, 0.25) is 0 Å². The van der Waals surface area contributed by atoms with Gasteiger partial charge in [-0.3, -0.25) is 0 Å². The van der Waals surface area contributed by atoms with Crippen molar-refractivity contribution in [2.24, 2.45) is 16.8 Å². The molecular weight excluding hydrogens is 256 g/mol. The molecule has 0 aromatic carbocycles. The maximum absolute atomic E-state index is 11.6. The largest absolute Gasteiger partial charge is 0.442 e. The summed E-state index contributed by atoms with van der Waals surface area (Å²) in [5.41, 5.74) is -0.521. The van der Waals surface area contributed by atoms with E-state index in [1.807, 2.05) is 20.8 Å². The number of hydrogen-bond acceptors (Lipinski definition) is 4. The molecule has 1 N–H and O–H groups in total. The van der Waals surface area contributed by atoms with Crippen LogP contribution in [0.4, 0.5) is 4.79 Å². The average Bonchev–Trinajstić information content (AvgIpc) is 2.75. The topological polar surface area (TPSA) is 80.2 Å². The quantitative estimate of drug-likeness (QED) is 0.841. The van der Waals surface area contributed by atoms with Crippen LogP contribution >= 0.6 is 0 Å². The summed E-state index contributed by atoms with van der Waals surface area (Å²) in [7, 11) is 0. The van der Waals surface area contributed by atoms with Gasteiger partial charge in [-0.2, -0.15) is 4.99 Å². The number of carbonyl (C=O) groups excluding carboxylic acids is 1. The molecule has 0 saturated heterocycles. The first-order valence-electron chi connectivity index (χ1n) is 6.88. The molecule has 0 saturated carbocycles. The Balaban J connectivity index is 2.62. The van der Waals surface area contributed by atoms with E-state index in [2.05, 4.69) is 34.0 Å². The van der Waals surface area contributed by atoms with Gasteiger partial charge in [0.15, 0.2) is 0 Å². The summed E-state index contributed by atoms with van der Waals surface area (Å²) in [4.78, 5) is 18.5. The average molecular weight is 280 g/mol. The van der Waals surface area contributed by atoms with E-state index in [1.54, 1.807) is 12.5 Å². The number of amides is 1. The number of nitrogens with one attached hydrogen (secondary N) is 1. The highest BCUT2D eigenvalue weighted by Crippen LogP contribution is 2.14. The van der Waals surface area contributed by atoms with Gasteiger partial charge >= 0.3 is 6.09 Å². The van der Waals surface area contributed by atoms with E-state index in [0.717, 1.165) is 12.2 Å². The molecule has 20 heavy (non-hydrogen) atoms. The number of nitrogens with zero attached hydrogens (tertiary/aromatic N) is 3. The molecule has 112 valence electrons. The molecule has 1 aromatic rings. The Kier molecular flexibility index (Phi) is 5.85. The van der Waals surface area contributed by atoms with Crippen LogP contribution in [0, 0.1) is 11.8 Å². The summed E-state index contributed by atoms with van der Waals surface area (Å²) in [5, 5.41) is 7.72. The minimum absolute atomic E-state index is 0.135. The van der Waals surface area contributed by atoms with Crippen molar-refractivity contribution >= 4 is 12.3 Å². The van der Waals surface area contributed by atoms with Crippen molar-refractivity contribution in [1.82, 2.24) is 15.2 Å². The number of aromatic nitrogens is 3. The molecule has 0 aliphatic heterocycles. The Labute approximate surface area is 120 Å². The van der Waals surface area contributed by atoms with Gasteiger partial charge in [0.05, 0.1) is 0 Å². The molecule has 1 rings (SSSR count). The third-order valence-electron chi connectivity index (χ3n) is 2.48. The summed E-state index contributed by atoms with van der Waals surface area (Å²) in [6.45, 7) is 9.73. The Morgan fingerprint density at radius 3 is 2.70 bits per heavy atom. The molecule has 0 fully saturated rings. The van der Waals surface area contributed by atoms with Crippen LogP contribution in [0.5, 0.6) is 0 Å². The molecule has 0 spiro atoms. The Morgan fingerprint density at radius 2 is 2.20 bits per heavy atom. The lowest BCUT2D eigenvalue weighted by atomic mass is 9.95. The van der Waals surface area contributed by atoms with Crippen LogP contribution in [0.3, 0.4) is 0 Å². The zero-order chi connectivity index (χ0) is 15.2. The fourth-order valence-corrected chi connectivity index (χ4v) is 1.84. The molecule has 0 bridgehead atoms. The molecule has 6 heteroatoms. The molecular formula is C14H24N4O2. The first kappa shape index (κ1) is 16.3. The predicted octanol–water partition coefficient (Wildman–Crippen LogP) is 3.02. The normalized spacial score (nSPS) is 13.9. The monoisotopic (exact) mass is 280 g/mol. The minimum Gasteiger partial charge on any atom is -0.442 e. The molecule has 1 unspecified atom stereocenters. The van der Waals surface area contributed by atoms with Crippen LogP contribution in [0.15, 0.2) is 11.3 Å². The van der Waals surface area contributed by atoms with Gasteiger partial charge in [0, 0.05) is 18.6 Å². The molecule has 1 aromatic heterocycles. The van der Waals surface area contributed by atoms with Crippen molar-refractivity contribution < 1.29 is 9.53 Å². The van der Waals surface area contributed by atoms with Crippen molar-refractivity contribution in [2.45, 2.75) is 53.1 Å². The Hall–Kier alpha value is -1.72. The highest BCUT2D eigenvalue weighted by atomic mass is 16.6. The van der Waals surface area contributed by atoms with Crippen molar-refractivity contribution in [1.29, 1.82) is 0 Å².